The van der Waals surface area contributed by atoms with Gasteiger partial charge in [0.2, 0.25) is 0 Å². The molecule has 0 aromatic rings. The van der Waals surface area contributed by atoms with Gasteiger partial charge in [0.1, 0.15) is 0 Å². The monoisotopic (exact) mass is 455 g/mol. The van der Waals surface area contributed by atoms with Gasteiger partial charge in [-0.05, 0) is 0 Å². The van der Waals surface area contributed by atoms with Crippen LogP contribution < -0.4 is 0 Å². The first-order chi connectivity index (χ1) is 1.73. The summed E-state index contributed by atoms with van der Waals surface area (Å²) in [5.41, 5.74) is 0. The molecule has 0 spiro atoms. The molecule has 0 fully saturated rings. The fourth-order valence-corrected chi connectivity index (χ4v) is 0. The quantitative estimate of drug-likeness (QED) is 0.387. The average molecular weight is 458 g/mol. The van der Waals surface area contributed by atoms with Crippen molar-refractivity contribution in [1.82, 2.24) is 0 Å². The van der Waals surface area contributed by atoms with Crippen LogP contribution in [0.3, 0.4) is 0 Å². The van der Waals surface area contributed by atoms with Gasteiger partial charge in [0.15, 0.2) is 0 Å². The van der Waals surface area contributed by atoms with Gasteiger partial charge in [0, 0.05) is 22.4 Å². The van der Waals surface area contributed by atoms with Crippen molar-refractivity contribution in [3.05, 3.63) is 0 Å². The Morgan fingerprint density at radius 2 is 1.80 bits per heavy atom. The zero-order valence-corrected chi connectivity index (χ0v) is 9.20. The van der Waals surface area contributed by atoms with Crippen molar-refractivity contribution >= 4 is 41.2 Å². The summed E-state index contributed by atoms with van der Waals surface area (Å²) in [5.74, 6) is 0. The van der Waals surface area contributed by atoms with Gasteiger partial charge in [-0.3, -0.25) is 0 Å². The first-order valence-corrected chi connectivity index (χ1v) is 10.0. The van der Waals surface area contributed by atoms with E-state index in [0.29, 0.717) is 0 Å². The van der Waals surface area contributed by atoms with Crippen molar-refractivity contribution in [2.24, 2.45) is 0 Å². The summed E-state index contributed by atoms with van der Waals surface area (Å²) >= 11 is 4.62. The Bertz CT molecular complexity index is 14.4. The molecule has 0 rings (SSSR count). The summed E-state index contributed by atoms with van der Waals surface area (Å²) in [4.78, 5) is 0. The normalized spacial score (nSPS) is 9.00. The van der Waals surface area contributed by atoms with Crippen LogP contribution in [0.25, 0.3) is 0 Å². The van der Waals surface area contributed by atoms with Crippen molar-refractivity contribution in [2.45, 2.75) is 0 Å². The van der Waals surface area contributed by atoms with E-state index in [1.165, 1.54) is 0 Å². The van der Waals surface area contributed by atoms with Gasteiger partial charge >= 0.3 is 52.6 Å². The third kappa shape index (κ3) is 19.5. The second kappa shape index (κ2) is 6.98. The van der Waals surface area contributed by atoms with E-state index in [0.717, 1.165) is 0 Å². The molecule has 0 heterocycles. The molecule has 1 radical (unpaired) electrons. The SMILES string of the molecule is [Ag].[Cl][Ag]([Br])[I]. The third-order valence-electron chi connectivity index (χ3n) is 0. The predicted molar refractivity (Wildman–Crippen MR) is 28.8 cm³/mol. The van der Waals surface area contributed by atoms with Crippen LogP contribution in [-0.4, -0.2) is 0 Å². The maximum atomic E-state index is 5.28. The standard InChI is InChI=1S/2Ag.BrH.ClH.HI/h;;3*1H/q;+3;;;/p-3. The van der Waals surface area contributed by atoms with E-state index in [-0.39, 0.29) is 22.4 Å². The second-order valence-electron chi connectivity index (χ2n) is 0.129. The molecular formula is Ag2BrClI. The summed E-state index contributed by atoms with van der Waals surface area (Å²) in [7, 11) is 5.28. The molecule has 0 unspecified atom stereocenters. The van der Waals surface area contributed by atoms with E-state index in [2.05, 4.69) is 32.0 Å². The summed E-state index contributed by atoms with van der Waals surface area (Å²) < 4.78 is 0. The molecule has 0 bridgehead atoms. The molecule has 43 valence electrons. The fraction of sp³-hybridized carbons (Fsp3) is 0. The fourth-order valence-electron chi connectivity index (χ4n) is 0. The zero-order chi connectivity index (χ0) is 3.58. The molecule has 0 amide bonds. The van der Waals surface area contributed by atoms with Crippen LogP contribution in [0.2, 0.25) is 0 Å². The topological polar surface area (TPSA) is 0 Å². The Labute approximate surface area is 73.3 Å². The van der Waals surface area contributed by atoms with E-state index in [1.807, 2.05) is 0 Å². The molecule has 0 N–H and O–H groups in total. The molecule has 5 heteroatoms. The van der Waals surface area contributed by atoms with Gasteiger partial charge < -0.3 is 0 Å². The summed E-state index contributed by atoms with van der Waals surface area (Å²) in [6, 6.07) is 0. The van der Waals surface area contributed by atoms with Crippen molar-refractivity contribution < 1.29 is 33.8 Å². The number of halogens is 3. The van der Waals surface area contributed by atoms with Crippen LogP contribution in [0.1, 0.15) is 0 Å². The predicted octanol–water partition coefficient (Wildman–Crippen LogP) is 2.42. The van der Waals surface area contributed by atoms with Crippen molar-refractivity contribution in [3.8, 4) is 0 Å². The van der Waals surface area contributed by atoms with E-state index in [4.69, 9.17) is 9.19 Å². The van der Waals surface area contributed by atoms with E-state index >= 15 is 0 Å². The molecule has 0 aliphatic heterocycles. The zero-order valence-electron chi connectivity index (χ0n) is 1.74. The Morgan fingerprint density at radius 1 is 1.80 bits per heavy atom. The molecule has 0 aromatic heterocycles. The van der Waals surface area contributed by atoms with Gasteiger partial charge in [-0.2, -0.15) is 0 Å². The molecule has 0 saturated heterocycles. The van der Waals surface area contributed by atoms with Gasteiger partial charge in [-0.25, -0.2) is 0 Å². The van der Waals surface area contributed by atoms with Crippen LogP contribution >= 0.6 is 41.2 Å². The summed E-state index contributed by atoms with van der Waals surface area (Å²) in [5, 5.41) is 0. The molecular weight excluding hydrogens is 458 g/mol. The van der Waals surface area contributed by atoms with Crippen LogP contribution in [0, 0.1) is 0 Å². The second-order valence-corrected chi connectivity index (χ2v) is 18.0. The molecule has 0 saturated carbocycles. The summed E-state index contributed by atoms with van der Waals surface area (Å²) in [6.07, 6.45) is 0. The average Bonchev–Trinajstić information content (AvgIpc) is 0.811. The minimum absolute atomic E-state index is 0. The van der Waals surface area contributed by atoms with E-state index < -0.39 is 11.4 Å². The Kier molecular flexibility index (Phi) is 15.2. The van der Waals surface area contributed by atoms with Crippen molar-refractivity contribution in [1.29, 1.82) is 0 Å². The van der Waals surface area contributed by atoms with Crippen LogP contribution in [0.5, 0.6) is 0 Å². The first-order valence-electron chi connectivity index (χ1n) is 0.342. The molecule has 0 atom stereocenters. The third-order valence-corrected chi connectivity index (χ3v) is 0. The number of hydrogen-bond acceptors (Lipinski definition) is 0. The Hall–Kier alpha value is 2.98. The minimum atomic E-state index is -0.635. The van der Waals surface area contributed by atoms with Gasteiger partial charge in [0.05, 0.1) is 0 Å². The number of hydrogen-bond donors (Lipinski definition) is 0. The van der Waals surface area contributed by atoms with Gasteiger partial charge in [0.25, 0.3) is 0 Å². The van der Waals surface area contributed by atoms with Crippen LogP contribution in [-0.2, 0) is 33.8 Å². The summed E-state index contributed by atoms with van der Waals surface area (Å²) in [6.45, 7) is 0. The molecule has 0 aromatic carbocycles. The number of rotatable bonds is 0. The van der Waals surface area contributed by atoms with Crippen LogP contribution in [0.15, 0.2) is 0 Å². The molecule has 0 nitrogen and oxygen atoms in total. The van der Waals surface area contributed by atoms with E-state index in [1.54, 1.807) is 0 Å². The van der Waals surface area contributed by atoms with Gasteiger partial charge in [-0.15, -0.1) is 0 Å². The molecule has 5 heavy (non-hydrogen) atoms. The van der Waals surface area contributed by atoms with Crippen LogP contribution in [0.4, 0.5) is 0 Å². The first kappa shape index (κ1) is 10.9. The Balaban J connectivity index is 0. The van der Waals surface area contributed by atoms with Crippen molar-refractivity contribution in [2.75, 3.05) is 0 Å². The van der Waals surface area contributed by atoms with Crippen molar-refractivity contribution in [3.63, 3.8) is 0 Å². The molecule has 0 aliphatic carbocycles. The van der Waals surface area contributed by atoms with E-state index in [9.17, 15) is 0 Å². The maximum absolute atomic E-state index is 5.28. The Morgan fingerprint density at radius 3 is 1.80 bits per heavy atom. The van der Waals surface area contributed by atoms with Gasteiger partial charge in [-0.1, -0.05) is 0 Å². The molecule has 0 aliphatic rings.